The van der Waals surface area contributed by atoms with Gasteiger partial charge in [-0.2, -0.15) is 0 Å². The van der Waals surface area contributed by atoms with Gasteiger partial charge in [0.15, 0.2) is 6.04 Å². The fraction of sp³-hybridized carbons (Fsp3) is 0.569. The zero-order valence-corrected chi connectivity index (χ0v) is 52.8. The van der Waals surface area contributed by atoms with Crippen LogP contribution in [0.3, 0.4) is 0 Å². The van der Waals surface area contributed by atoms with E-state index in [2.05, 4.69) is 73.1 Å². The van der Waals surface area contributed by atoms with Crippen molar-refractivity contribution in [2.45, 2.75) is 180 Å². The van der Waals surface area contributed by atoms with E-state index >= 15 is 0 Å². The fourth-order valence-corrected chi connectivity index (χ4v) is 8.96. The summed E-state index contributed by atoms with van der Waals surface area (Å²) in [5.41, 5.74) is 12.1. The number of aliphatic hydroxyl groups excluding tert-OH is 2. The van der Waals surface area contributed by atoms with E-state index in [4.69, 9.17) is 11.5 Å². The Kier molecular flexibility index (Phi) is 31.3. The molecule has 3 rings (SSSR count). The second kappa shape index (κ2) is 37.6. The number of nitrogens with zero attached hydrogens (tertiary/aromatic N) is 2. The van der Waals surface area contributed by atoms with Crippen LogP contribution >= 0.6 is 0 Å². The topological polar surface area (TPSA) is 545 Å². The highest BCUT2D eigenvalue weighted by atomic mass is 16.4. The van der Waals surface area contributed by atoms with Gasteiger partial charge in [-0.05, 0) is 75.5 Å². The van der Waals surface area contributed by atoms with Crippen LogP contribution in [0.5, 0.6) is 5.75 Å². The van der Waals surface area contributed by atoms with E-state index in [1.165, 1.54) is 63.2 Å². The SMILES string of the molecule is CC(C)C[C@H](NC(=O)[C@H](C)NC(=O)CNC(=O)[C@H](CC(C)C)NC(=O)[C@H](Cc1ccc(O)cc1)NC(=O)[C@H](Cc1c[nH]cn1)NC(=O)[C@H](C)NC(=O)[C@H](Cc1c[nH]cn1)NC(=O)[C@@H](N)CC(N)=O)C(=O)N[C@@H](CC(C)C)C(=O)N[C@@H](CO)C(=O)N[C@H](C(=O)O)[C@@H](C)O. The zero-order chi connectivity index (χ0) is 69.1. The molecule has 34 heteroatoms. The van der Waals surface area contributed by atoms with Crippen molar-refractivity contribution in [1.29, 1.82) is 0 Å². The smallest absolute Gasteiger partial charge is 0.328 e. The van der Waals surface area contributed by atoms with Gasteiger partial charge in [-0.1, -0.05) is 53.7 Å². The predicted molar refractivity (Wildman–Crippen MR) is 327 cm³/mol. The number of nitrogens with one attached hydrogen (secondary N) is 13. The second-order valence-electron chi connectivity index (χ2n) is 23.5. The summed E-state index contributed by atoms with van der Waals surface area (Å²) in [6.45, 7) is 12.5. The van der Waals surface area contributed by atoms with Gasteiger partial charge in [-0.3, -0.25) is 57.5 Å². The number of aliphatic carboxylic acids is 1. The van der Waals surface area contributed by atoms with Gasteiger partial charge in [-0.15, -0.1) is 0 Å². The third-order valence-electron chi connectivity index (χ3n) is 13.8. The maximum absolute atomic E-state index is 14.4. The summed E-state index contributed by atoms with van der Waals surface area (Å²) >= 11 is 0. The molecule has 34 nitrogen and oxygen atoms in total. The normalized spacial score (nSPS) is 15.2. The van der Waals surface area contributed by atoms with E-state index in [1.54, 1.807) is 41.5 Å². The van der Waals surface area contributed by atoms with Gasteiger partial charge < -0.3 is 100 Å². The largest absolute Gasteiger partial charge is 0.508 e. The van der Waals surface area contributed by atoms with Crippen molar-refractivity contribution < 1.29 is 82.8 Å². The fourth-order valence-electron chi connectivity index (χ4n) is 8.96. The van der Waals surface area contributed by atoms with E-state index in [0.717, 1.165) is 6.92 Å². The molecule has 92 heavy (non-hydrogen) atoms. The molecule has 0 radical (unpaired) electrons. The Morgan fingerprint density at radius 2 is 0.870 bits per heavy atom. The first-order chi connectivity index (χ1) is 43.2. The number of hydrogen-bond acceptors (Lipinski definition) is 19. The Bertz CT molecular complexity index is 2980. The molecule has 2 aromatic heterocycles. The molecule has 0 saturated carbocycles. The maximum Gasteiger partial charge on any atom is 0.328 e. The standard InChI is InChI=1S/C58H89N17O17/c1-27(2)14-38(51(84)63-23-46(80)66-30(7)48(81)68-39(15-28(3)4)53(86)72-40(16-29(5)6)54(87)74-44(24-76)57(90)75-47(32(9)77)58(91)92)71-55(88)41(17-33-10-12-36(78)13-11-33)73-56(89)43(19-35-22-62-26-65-35)69-49(82)31(8)67-52(85)42(18-34-21-61-25-64-34)70-50(83)37(59)20-45(60)79/h10-13,21-22,25-32,37-44,47,76-78H,14-20,23-24,59H2,1-9H3,(H2,60,79)(H,61,64)(H,62,65)(H,63,84)(H,66,80)(H,67,85)(H,68,81)(H,69,82)(H,70,83)(H,71,88)(H,72,86)(H,73,89)(H,74,87)(H,75,90)(H,91,92)/t30-,31-,32+,37-,38-,39-,40-,41-,42-,43-,44-,47-/m0/s1. The molecular weight excluding hydrogens is 1210 g/mol. The molecule has 12 atom stereocenters. The lowest BCUT2D eigenvalue weighted by Crippen LogP contribution is -2.60. The van der Waals surface area contributed by atoms with Crippen LogP contribution in [0.2, 0.25) is 0 Å². The Morgan fingerprint density at radius 3 is 1.29 bits per heavy atom. The molecule has 21 N–H and O–H groups in total. The lowest BCUT2D eigenvalue weighted by molar-refractivity contribution is -0.145. The molecule has 0 unspecified atom stereocenters. The molecule has 0 spiro atoms. The van der Waals surface area contributed by atoms with Gasteiger partial charge in [0.05, 0.1) is 55.8 Å². The molecular formula is C58H89N17O17. The molecule has 0 fully saturated rings. The number of carboxylic acid groups (broad SMARTS) is 1. The summed E-state index contributed by atoms with van der Waals surface area (Å²) in [4.78, 5) is 187. The highest BCUT2D eigenvalue weighted by molar-refractivity contribution is 5.99. The third-order valence-corrected chi connectivity index (χ3v) is 13.8. The van der Waals surface area contributed by atoms with Gasteiger partial charge in [0.25, 0.3) is 0 Å². The molecule has 2 heterocycles. The summed E-state index contributed by atoms with van der Waals surface area (Å²) in [7, 11) is 0. The molecule has 1 aromatic carbocycles. The number of phenolic OH excluding ortho intramolecular Hbond substituents is 1. The van der Waals surface area contributed by atoms with E-state index in [1.807, 2.05) is 5.32 Å². The first-order valence-corrected chi connectivity index (χ1v) is 29.8. The van der Waals surface area contributed by atoms with Crippen molar-refractivity contribution in [2.24, 2.45) is 29.2 Å². The molecule has 0 bridgehead atoms. The number of aromatic nitrogens is 4. The molecule has 0 saturated heterocycles. The maximum atomic E-state index is 14.4. The average Bonchev–Trinajstić information content (AvgIpc) is 1.17. The monoisotopic (exact) mass is 1300 g/mol. The molecule has 3 aromatic rings. The number of imidazole rings is 2. The number of hydrogen-bond donors (Lipinski definition) is 19. The minimum atomic E-state index is -1.77. The van der Waals surface area contributed by atoms with Gasteiger partial charge in [0, 0.05) is 31.7 Å². The lowest BCUT2D eigenvalue weighted by Gasteiger charge is -2.27. The van der Waals surface area contributed by atoms with Gasteiger partial charge in [0.1, 0.15) is 60.1 Å². The van der Waals surface area contributed by atoms with Crippen molar-refractivity contribution in [1.82, 2.24) is 78.4 Å². The highest BCUT2D eigenvalue weighted by Crippen LogP contribution is 2.15. The van der Waals surface area contributed by atoms with E-state index in [-0.39, 0.29) is 67.7 Å². The number of primary amides is 1. The summed E-state index contributed by atoms with van der Waals surface area (Å²) in [6.07, 6.45) is 2.85. The van der Waals surface area contributed by atoms with Gasteiger partial charge in [-0.25, -0.2) is 14.8 Å². The van der Waals surface area contributed by atoms with Gasteiger partial charge in [0.2, 0.25) is 70.9 Å². The molecule has 12 amide bonds. The number of nitrogens with two attached hydrogens (primary N) is 2. The van der Waals surface area contributed by atoms with Crippen LogP contribution in [0, 0.1) is 17.8 Å². The van der Waals surface area contributed by atoms with E-state index < -0.39 is 169 Å². The number of phenols is 1. The minimum Gasteiger partial charge on any atom is -0.508 e. The van der Waals surface area contributed by atoms with Crippen LogP contribution in [-0.4, -0.2) is 203 Å². The number of aliphatic hydroxyl groups is 2. The highest BCUT2D eigenvalue weighted by Gasteiger charge is 2.36. The number of H-pyrrole nitrogens is 2. The Labute approximate surface area is 530 Å². The molecule has 508 valence electrons. The predicted octanol–water partition coefficient (Wildman–Crippen LogP) is -5.33. The quantitative estimate of drug-likeness (QED) is 0.0254. The second-order valence-corrected chi connectivity index (χ2v) is 23.5. The Morgan fingerprint density at radius 1 is 0.489 bits per heavy atom. The van der Waals surface area contributed by atoms with Crippen LogP contribution in [-0.2, 0) is 81.6 Å². The number of amides is 12. The number of carboxylic acids is 1. The summed E-state index contributed by atoms with van der Waals surface area (Å²) < 4.78 is 0. The van der Waals surface area contributed by atoms with Crippen molar-refractivity contribution >= 4 is 76.9 Å². The van der Waals surface area contributed by atoms with Crippen LogP contribution in [0.4, 0.5) is 0 Å². The average molecular weight is 1300 g/mol. The first kappa shape index (κ1) is 76.7. The van der Waals surface area contributed by atoms with E-state index in [0.29, 0.717) is 11.3 Å². The van der Waals surface area contributed by atoms with Crippen molar-refractivity contribution in [3.8, 4) is 5.75 Å². The number of aromatic hydroxyl groups is 1. The van der Waals surface area contributed by atoms with Crippen LogP contribution in [0.1, 0.15) is 105 Å². The lowest BCUT2D eigenvalue weighted by atomic mass is 9.99. The first-order valence-electron chi connectivity index (χ1n) is 29.8. The molecule has 0 aliphatic carbocycles. The minimum absolute atomic E-state index is 0.000733. The summed E-state index contributed by atoms with van der Waals surface area (Å²) in [5, 5.41) is 66.3. The number of carbonyl (C=O) groups is 13. The Balaban J connectivity index is 1.78. The van der Waals surface area contributed by atoms with Crippen LogP contribution in [0.15, 0.2) is 49.3 Å². The number of carbonyl (C=O) groups excluding carboxylic acids is 12. The van der Waals surface area contributed by atoms with Crippen LogP contribution in [0.25, 0.3) is 0 Å². The van der Waals surface area contributed by atoms with Crippen molar-refractivity contribution in [3.63, 3.8) is 0 Å². The zero-order valence-electron chi connectivity index (χ0n) is 52.8. The Hall–Kier alpha value is -9.57. The van der Waals surface area contributed by atoms with Gasteiger partial charge >= 0.3 is 5.97 Å². The van der Waals surface area contributed by atoms with Crippen molar-refractivity contribution in [2.75, 3.05) is 13.2 Å². The molecule has 0 aliphatic rings. The van der Waals surface area contributed by atoms with E-state index in [9.17, 15) is 82.8 Å². The number of benzene rings is 1. The van der Waals surface area contributed by atoms with Crippen LogP contribution < -0.4 is 70.0 Å². The van der Waals surface area contributed by atoms with Crippen molar-refractivity contribution in [3.05, 3.63) is 66.3 Å². The number of rotatable bonds is 39. The molecule has 0 aliphatic heterocycles. The summed E-state index contributed by atoms with van der Waals surface area (Å²) in [5.74, 6) is -13.2. The third kappa shape index (κ3) is 26.9. The summed E-state index contributed by atoms with van der Waals surface area (Å²) in [6, 6.07) is -10.3. The number of aromatic amines is 2.